The van der Waals surface area contributed by atoms with Crippen LogP contribution in [0.3, 0.4) is 0 Å². The van der Waals surface area contributed by atoms with Crippen molar-refractivity contribution in [3.8, 4) is 0 Å². The first-order chi connectivity index (χ1) is 10.2. The number of carbonyl (C=O) groups excluding carboxylic acids is 1. The van der Waals surface area contributed by atoms with Crippen molar-refractivity contribution >= 4 is 42.5 Å². The third kappa shape index (κ3) is 14.2. The molecule has 0 N–H and O–H groups in total. The van der Waals surface area contributed by atoms with Crippen molar-refractivity contribution in [2.75, 3.05) is 6.61 Å². The van der Waals surface area contributed by atoms with Gasteiger partial charge in [-0.25, -0.2) is 0 Å². The molecule has 0 amide bonds. The predicted octanol–water partition coefficient (Wildman–Crippen LogP) is 4.34. The van der Waals surface area contributed by atoms with Crippen molar-refractivity contribution in [2.24, 2.45) is 5.92 Å². The van der Waals surface area contributed by atoms with Gasteiger partial charge >= 0.3 is 29.9 Å². The fraction of sp³-hybridized carbons (Fsp3) is 0.944. The second-order valence-electron chi connectivity index (χ2n) is 6.12. The van der Waals surface area contributed by atoms with Crippen molar-refractivity contribution in [3.63, 3.8) is 0 Å². The van der Waals surface area contributed by atoms with Crippen LogP contribution in [0.2, 0.25) is 0 Å². The Labute approximate surface area is 160 Å². The topological polar surface area (TPSA) is 26.3 Å². The Bertz CT molecular complexity index is 249. The van der Waals surface area contributed by atoms with E-state index in [1.165, 1.54) is 44.9 Å². The molecular weight excluding hydrogens is 399 g/mol. The third-order valence-corrected chi connectivity index (χ3v) is 4.58. The second kappa shape index (κ2) is 18.0. The summed E-state index contributed by atoms with van der Waals surface area (Å²) >= 11 is 4.40. The molecule has 0 aliphatic rings. The zero-order valence-corrected chi connectivity index (χ0v) is 15.3. The van der Waals surface area contributed by atoms with Crippen LogP contribution in [-0.2, 0) is 9.53 Å². The van der Waals surface area contributed by atoms with Crippen LogP contribution in [0.1, 0.15) is 91.4 Å². The van der Waals surface area contributed by atoms with E-state index in [2.05, 4.69) is 33.4 Å². The summed E-state index contributed by atoms with van der Waals surface area (Å²) in [6, 6.07) is 0. The Hall–Kier alpha value is 0.619. The van der Waals surface area contributed by atoms with Crippen molar-refractivity contribution in [2.45, 2.75) is 96.7 Å². The summed E-state index contributed by atoms with van der Waals surface area (Å²) in [5.41, 5.74) is 0. The number of esters is 1. The van der Waals surface area contributed by atoms with Crippen LogP contribution in [0.4, 0.5) is 0 Å². The Morgan fingerprint density at radius 3 is 2.09 bits per heavy atom. The molecule has 2 nitrogen and oxygen atoms in total. The van der Waals surface area contributed by atoms with E-state index in [1.807, 2.05) is 0 Å². The molecule has 2 unspecified atom stereocenters. The van der Waals surface area contributed by atoms with Gasteiger partial charge in [-0.3, -0.25) is 4.79 Å². The fourth-order valence-electron chi connectivity index (χ4n) is 2.43. The van der Waals surface area contributed by atoms with Gasteiger partial charge in [0, 0.05) is 0 Å². The molecule has 0 aromatic carbocycles. The summed E-state index contributed by atoms with van der Waals surface area (Å²) in [5, 5.41) is -0.236. The molecule has 0 rings (SSSR count). The molecule has 0 aromatic rings. The van der Waals surface area contributed by atoms with E-state index < -0.39 is 0 Å². The molecule has 22 heavy (non-hydrogen) atoms. The van der Waals surface area contributed by atoms with Crippen molar-refractivity contribution in [1.29, 1.82) is 0 Å². The van der Waals surface area contributed by atoms with Gasteiger partial charge in [-0.15, -0.1) is 0 Å². The summed E-state index contributed by atoms with van der Waals surface area (Å²) < 4.78 is 5.43. The molecular formula is C18H40O2SSn. The maximum absolute atomic E-state index is 11.9. The number of carbonyl (C=O) groups is 1. The summed E-state index contributed by atoms with van der Waals surface area (Å²) in [5.74, 6) is 0.394. The summed E-state index contributed by atoms with van der Waals surface area (Å²) in [4.78, 5) is 11.9. The van der Waals surface area contributed by atoms with Gasteiger partial charge in [0.15, 0.2) is 0 Å². The van der Waals surface area contributed by atoms with Gasteiger partial charge in [0.1, 0.15) is 0 Å². The number of unbranched alkanes of at least 4 members (excludes halogenated alkanes) is 6. The molecule has 0 aliphatic carbocycles. The van der Waals surface area contributed by atoms with E-state index in [9.17, 15) is 4.79 Å². The Morgan fingerprint density at radius 1 is 0.909 bits per heavy atom. The number of hydrogen-bond acceptors (Lipinski definition) is 3. The standard InChI is InChI=1S/C18H36O2S.Sn.4H/c1-4-7-9-10-11-12-14-17(21)18(19)20-15-16(6-3)13-8-5-2;;;;;/h16-17,21H,4-15H2,1-3H3;;;;;. The molecule has 0 aromatic heterocycles. The van der Waals surface area contributed by atoms with Crippen molar-refractivity contribution in [1.82, 2.24) is 0 Å². The van der Waals surface area contributed by atoms with Crippen LogP contribution < -0.4 is 0 Å². The normalized spacial score (nSPS) is 13.3. The molecule has 0 saturated carbocycles. The number of ether oxygens (including phenoxy) is 1. The average molecular weight is 439 g/mol. The average Bonchev–Trinajstić information content (AvgIpc) is 2.50. The molecule has 0 aliphatic heterocycles. The third-order valence-electron chi connectivity index (χ3n) is 4.11. The Kier molecular flexibility index (Phi) is 20.3. The predicted molar refractivity (Wildman–Crippen MR) is 106 cm³/mol. The van der Waals surface area contributed by atoms with Gasteiger partial charge < -0.3 is 4.74 Å². The van der Waals surface area contributed by atoms with E-state index in [0.29, 0.717) is 12.5 Å². The monoisotopic (exact) mass is 440 g/mol. The first kappa shape index (κ1) is 24.9. The minimum atomic E-state index is -0.236. The molecule has 0 radical (unpaired) electrons. The van der Waals surface area contributed by atoms with E-state index >= 15 is 0 Å². The zero-order chi connectivity index (χ0) is 15.9. The molecule has 134 valence electrons. The molecule has 2 atom stereocenters. The molecule has 0 saturated heterocycles. The Morgan fingerprint density at radius 2 is 1.50 bits per heavy atom. The van der Waals surface area contributed by atoms with Crippen molar-refractivity contribution < 1.29 is 9.53 Å². The van der Waals surface area contributed by atoms with Crippen LogP contribution in [0.5, 0.6) is 0 Å². The number of thiol groups is 1. The van der Waals surface area contributed by atoms with Gasteiger partial charge in [-0.1, -0.05) is 78.6 Å². The van der Waals surface area contributed by atoms with Crippen LogP contribution in [-0.4, -0.2) is 41.7 Å². The molecule has 4 heteroatoms. The quantitative estimate of drug-likeness (QED) is 0.189. The van der Waals surface area contributed by atoms with Gasteiger partial charge in [0.25, 0.3) is 0 Å². The van der Waals surface area contributed by atoms with Gasteiger partial charge in [0.05, 0.1) is 11.9 Å². The zero-order valence-electron chi connectivity index (χ0n) is 14.4. The molecule has 0 bridgehead atoms. The first-order valence-corrected chi connectivity index (χ1v) is 9.51. The van der Waals surface area contributed by atoms with E-state index in [4.69, 9.17) is 4.74 Å². The van der Waals surface area contributed by atoms with E-state index in [1.54, 1.807) is 0 Å². The molecule has 0 fully saturated rings. The van der Waals surface area contributed by atoms with Crippen LogP contribution in [0.15, 0.2) is 0 Å². The van der Waals surface area contributed by atoms with Gasteiger partial charge in [-0.05, 0) is 18.8 Å². The van der Waals surface area contributed by atoms with Crippen LogP contribution in [0.25, 0.3) is 0 Å². The first-order valence-electron chi connectivity index (χ1n) is 9.00. The fourth-order valence-corrected chi connectivity index (χ4v) is 2.69. The van der Waals surface area contributed by atoms with E-state index in [-0.39, 0.29) is 35.1 Å². The maximum atomic E-state index is 11.9. The molecule has 0 heterocycles. The van der Waals surface area contributed by atoms with E-state index in [0.717, 1.165) is 25.7 Å². The summed E-state index contributed by atoms with van der Waals surface area (Å²) in [6.07, 6.45) is 13.0. The minimum absolute atomic E-state index is 0. The van der Waals surface area contributed by atoms with Crippen LogP contribution in [0, 0.1) is 5.92 Å². The van der Waals surface area contributed by atoms with Gasteiger partial charge in [0.2, 0.25) is 0 Å². The summed E-state index contributed by atoms with van der Waals surface area (Å²) in [7, 11) is 0. The number of hydrogen-bond donors (Lipinski definition) is 1. The molecule has 0 spiro atoms. The van der Waals surface area contributed by atoms with Crippen molar-refractivity contribution in [3.05, 3.63) is 0 Å². The van der Waals surface area contributed by atoms with Gasteiger partial charge in [-0.2, -0.15) is 12.6 Å². The summed E-state index contributed by atoms with van der Waals surface area (Å²) in [6.45, 7) is 7.17. The second-order valence-corrected chi connectivity index (χ2v) is 6.74. The Balaban J connectivity index is 0. The SMILES string of the molecule is CCCCCCCCC(S)C(=O)OCC(CC)CCCC.[SnH4]. The van der Waals surface area contributed by atoms with Crippen LogP contribution >= 0.6 is 12.6 Å². The number of rotatable bonds is 14.